The third-order valence-corrected chi connectivity index (χ3v) is 6.03. The van der Waals surface area contributed by atoms with Crippen LogP contribution in [0.2, 0.25) is 0 Å². The van der Waals surface area contributed by atoms with Crippen molar-refractivity contribution < 1.29 is 19.1 Å². The van der Waals surface area contributed by atoms with Gasteiger partial charge in [0.25, 0.3) is 0 Å². The first-order valence-corrected chi connectivity index (χ1v) is 10.4. The van der Waals surface area contributed by atoms with E-state index in [-0.39, 0.29) is 17.9 Å². The maximum atomic E-state index is 12.7. The van der Waals surface area contributed by atoms with Gasteiger partial charge in [-0.2, -0.15) is 0 Å². The van der Waals surface area contributed by atoms with Crippen molar-refractivity contribution in [2.45, 2.75) is 45.1 Å². The van der Waals surface area contributed by atoms with E-state index in [1.165, 1.54) is 0 Å². The van der Waals surface area contributed by atoms with E-state index in [1.807, 2.05) is 9.80 Å². The van der Waals surface area contributed by atoms with Gasteiger partial charge in [0.2, 0.25) is 5.91 Å². The quantitative estimate of drug-likeness (QED) is 0.702. The standard InChI is InChI=1S/C20H35N3O4/c1-16(2)14-21(3)10-11-23-15-20(27-19(23)25)6-8-22(9-7-20)18(24)17-4-12-26-13-5-17/h16-17H,4-15H2,1-3H3. The molecule has 3 heterocycles. The first-order chi connectivity index (χ1) is 12.9. The number of nitrogens with zero attached hydrogens (tertiary/aromatic N) is 3. The molecule has 3 fully saturated rings. The highest BCUT2D eigenvalue weighted by Gasteiger charge is 2.47. The van der Waals surface area contributed by atoms with Crippen LogP contribution in [0.5, 0.6) is 0 Å². The topological polar surface area (TPSA) is 62.3 Å². The minimum Gasteiger partial charge on any atom is -0.441 e. The van der Waals surface area contributed by atoms with Gasteiger partial charge in [-0.3, -0.25) is 4.79 Å². The van der Waals surface area contributed by atoms with Gasteiger partial charge in [-0.25, -0.2) is 4.79 Å². The Hall–Kier alpha value is -1.34. The summed E-state index contributed by atoms with van der Waals surface area (Å²) in [5.74, 6) is 0.973. The van der Waals surface area contributed by atoms with Gasteiger partial charge in [0, 0.05) is 64.7 Å². The van der Waals surface area contributed by atoms with Crippen LogP contribution in [0.25, 0.3) is 0 Å². The number of carbonyl (C=O) groups excluding carboxylic acids is 2. The maximum absolute atomic E-state index is 12.7. The molecular weight excluding hydrogens is 346 g/mol. The molecule has 1 spiro atoms. The highest BCUT2D eigenvalue weighted by atomic mass is 16.6. The fourth-order valence-corrected chi connectivity index (χ4v) is 4.47. The molecule has 0 atom stereocenters. The highest BCUT2D eigenvalue weighted by molar-refractivity contribution is 5.79. The molecule has 7 heteroatoms. The molecule has 7 nitrogen and oxygen atoms in total. The van der Waals surface area contributed by atoms with E-state index < -0.39 is 5.60 Å². The van der Waals surface area contributed by atoms with E-state index in [2.05, 4.69) is 25.8 Å². The van der Waals surface area contributed by atoms with Crippen molar-refractivity contribution in [3.05, 3.63) is 0 Å². The van der Waals surface area contributed by atoms with Crippen LogP contribution in [-0.4, -0.2) is 91.8 Å². The molecule has 0 bridgehead atoms. The molecule has 27 heavy (non-hydrogen) atoms. The Morgan fingerprint density at radius 1 is 1.26 bits per heavy atom. The van der Waals surface area contributed by atoms with Crippen molar-refractivity contribution in [1.82, 2.24) is 14.7 Å². The Morgan fingerprint density at radius 2 is 1.93 bits per heavy atom. The van der Waals surface area contributed by atoms with Crippen molar-refractivity contribution >= 4 is 12.0 Å². The second kappa shape index (κ2) is 8.78. The van der Waals surface area contributed by atoms with E-state index in [1.54, 1.807) is 0 Å². The summed E-state index contributed by atoms with van der Waals surface area (Å²) in [7, 11) is 2.09. The molecule has 0 unspecified atom stereocenters. The van der Waals surface area contributed by atoms with Gasteiger partial charge in [0.05, 0.1) is 6.54 Å². The van der Waals surface area contributed by atoms with Crippen LogP contribution >= 0.6 is 0 Å². The number of rotatable bonds is 6. The van der Waals surface area contributed by atoms with E-state index in [9.17, 15) is 9.59 Å². The summed E-state index contributed by atoms with van der Waals surface area (Å²) in [6.45, 7) is 10.4. The summed E-state index contributed by atoms with van der Waals surface area (Å²) < 4.78 is 11.2. The monoisotopic (exact) mass is 381 g/mol. The molecule has 0 aromatic rings. The fraction of sp³-hybridized carbons (Fsp3) is 0.900. The molecule has 3 aliphatic rings. The second-order valence-electron chi connectivity index (χ2n) is 8.84. The SMILES string of the molecule is CC(C)CN(C)CCN1CC2(CCN(C(=O)C3CCOCC3)CC2)OC1=O. The van der Waals surface area contributed by atoms with Crippen molar-refractivity contribution in [2.24, 2.45) is 11.8 Å². The first-order valence-electron chi connectivity index (χ1n) is 10.4. The van der Waals surface area contributed by atoms with Crippen LogP contribution in [0.15, 0.2) is 0 Å². The summed E-state index contributed by atoms with van der Waals surface area (Å²) in [5, 5.41) is 0. The second-order valence-corrected chi connectivity index (χ2v) is 8.84. The van der Waals surface area contributed by atoms with Crippen molar-refractivity contribution in [1.29, 1.82) is 0 Å². The minimum atomic E-state index is -0.403. The molecular formula is C20H35N3O4. The van der Waals surface area contributed by atoms with E-state index in [0.29, 0.717) is 45.3 Å². The fourth-order valence-electron chi connectivity index (χ4n) is 4.47. The Labute approximate surface area is 162 Å². The lowest BCUT2D eigenvalue weighted by Gasteiger charge is -2.39. The van der Waals surface area contributed by atoms with Crippen molar-refractivity contribution in [2.75, 3.05) is 59.5 Å². The van der Waals surface area contributed by atoms with Crippen LogP contribution in [0.4, 0.5) is 4.79 Å². The van der Waals surface area contributed by atoms with Gasteiger partial charge in [0.15, 0.2) is 0 Å². The smallest absolute Gasteiger partial charge is 0.410 e. The zero-order chi connectivity index (χ0) is 19.4. The summed E-state index contributed by atoms with van der Waals surface area (Å²) >= 11 is 0. The molecule has 154 valence electrons. The average Bonchev–Trinajstić information content (AvgIpc) is 2.95. The Kier molecular flexibility index (Phi) is 6.63. The van der Waals surface area contributed by atoms with Crippen LogP contribution in [0.1, 0.15) is 39.5 Å². The van der Waals surface area contributed by atoms with Crippen LogP contribution in [0, 0.1) is 11.8 Å². The summed E-state index contributed by atoms with van der Waals surface area (Å²) in [4.78, 5) is 31.1. The Morgan fingerprint density at radius 3 is 2.56 bits per heavy atom. The molecule has 0 aromatic carbocycles. The number of piperidine rings is 1. The van der Waals surface area contributed by atoms with Gasteiger partial charge in [-0.15, -0.1) is 0 Å². The summed E-state index contributed by atoms with van der Waals surface area (Å²) in [5.41, 5.74) is -0.403. The number of likely N-dealkylation sites (tertiary alicyclic amines) is 1. The van der Waals surface area contributed by atoms with Gasteiger partial charge in [0.1, 0.15) is 5.60 Å². The minimum absolute atomic E-state index is 0.104. The molecule has 0 saturated carbocycles. The maximum Gasteiger partial charge on any atom is 0.410 e. The first kappa shape index (κ1) is 20.4. The number of hydrogen-bond donors (Lipinski definition) is 0. The normalized spacial score (nSPS) is 23.5. The largest absolute Gasteiger partial charge is 0.441 e. The predicted molar refractivity (Wildman–Crippen MR) is 102 cm³/mol. The number of ether oxygens (including phenoxy) is 2. The number of amides is 2. The average molecular weight is 382 g/mol. The van der Waals surface area contributed by atoms with E-state index in [4.69, 9.17) is 9.47 Å². The third-order valence-electron chi connectivity index (χ3n) is 6.03. The van der Waals surface area contributed by atoms with Crippen LogP contribution in [0.3, 0.4) is 0 Å². The molecule has 3 saturated heterocycles. The van der Waals surface area contributed by atoms with Gasteiger partial charge >= 0.3 is 6.09 Å². The number of carbonyl (C=O) groups is 2. The number of hydrogen-bond acceptors (Lipinski definition) is 5. The molecule has 3 rings (SSSR count). The lowest BCUT2D eigenvalue weighted by atomic mass is 9.89. The van der Waals surface area contributed by atoms with E-state index >= 15 is 0 Å². The van der Waals surface area contributed by atoms with Crippen LogP contribution in [-0.2, 0) is 14.3 Å². The van der Waals surface area contributed by atoms with Crippen molar-refractivity contribution in [3.63, 3.8) is 0 Å². The van der Waals surface area contributed by atoms with E-state index in [0.717, 1.165) is 38.8 Å². The molecule has 3 aliphatic heterocycles. The Bertz CT molecular complexity index is 525. The Balaban J connectivity index is 1.46. The molecule has 0 aliphatic carbocycles. The van der Waals surface area contributed by atoms with Gasteiger partial charge < -0.3 is 24.2 Å². The summed E-state index contributed by atoms with van der Waals surface area (Å²) in [6.07, 6.45) is 2.94. The molecule has 0 radical (unpaired) electrons. The highest BCUT2D eigenvalue weighted by Crippen LogP contribution is 2.34. The lowest BCUT2D eigenvalue weighted by molar-refractivity contribution is -0.141. The van der Waals surface area contributed by atoms with Gasteiger partial charge in [-0.05, 0) is 25.8 Å². The lowest BCUT2D eigenvalue weighted by Crippen LogP contribution is -2.50. The zero-order valence-corrected chi connectivity index (χ0v) is 17.1. The van der Waals surface area contributed by atoms with Crippen LogP contribution < -0.4 is 0 Å². The predicted octanol–water partition coefficient (Wildman–Crippen LogP) is 1.81. The van der Waals surface area contributed by atoms with Gasteiger partial charge in [-0.1, -0.05) is 13.8 Å². The van der Waals surface area contributed by atoms with Crippen molar-refractivity contribution in [3.8, 4) is 0 Å². The summed E-state index contributed by atoms with van der Waals surface area (Å²) in [6, 6.07) is 0. The number of likely N-dealkylation sites (N-methyl/N-ethyl adjacent to an activating group) is 1. The zero-order valence-electron chi connectivity index (χ0n) is 17.1. The third kappa shape index (κ3) is 5.13. The molecule has 0 N–H and O–H groups in total. The molecule has 2 amide bonds. The molecule has 0 aromatic heterocycles.